The Morgan fingerprint density at radius 1 is 1.23 bits per heavy atom. The van der Waals surface area contributed by atoms with Crippen LogP contribution in [-0.2, 0) is 12.8 Å². The molecule has 1 saturated heterocycles. The molecule has 0 aromatic heterocycles. The quantitative estimate of drug-likeness (QED) is 0.742. The van der Waals surface area contributed by atoms with E-state index >= 15 is 0 Å². The zero-order chi connectivity index (χ0) is 9.10. The van der Waals surface area contributed by atoms with E-state index in [2.05, 4.69) is 36.5 Å². The van der Waals surface area contributed by atoms with Crippen molar-refractivity contribution in [3.05, 3.63) is 35.4 Å². The van der Waals surface area contributed by atoms with E-state index in [1.54, 1.807) is 0 Å². The SMILES string of the molecule is CCc1ccc(C[C@@H]2CCN2)cc1. The van der Waals surface area contributed by atoms with Gasteiger partial charge in [-0.1, -0.05) is 31.2 Å². The van der Waals surface area contributed by atoms with Gasteiger partial charge in [-0.25, -0.2) is 0 Å². The van der Waals surface area contributed by atoms with Crippen LogP contribution in [0, 0.1) is 0 Å². The summed E-state index contributed by atoms with van der Waals surface area (Å²) in [4.78, 5) is 0. The van der Waals surface area contributed by atoms with Gasteiger partial charge in [0, 0.05) is 6.04 Å². The van der Waals surface area contributed by atoms with E-state index in [9.17, 15) is 0 Å². The molecule has 1 aromatic carbocycles. The zero-order valence-electron chi connectivity index (χ0n) is 8.22. The van der Waals surface area contributed by atoms with Gasteiger partial charge in [0.25, 0.3) is 0 Å². The maximum Gasteiger partial charge on any atom is 0.0120 e. The summed E-state index contributed by atoms with van der Waals surface area (Å²) in [5.74, 6) is 0. The number of rotatable bonds is 3. The summed E-state index contributed by atoms with van der Waals surface area (Å²) in [6.07, 6.45) is 3.68. The molecule has 13 heavy (non-hydrogen) atoms. The first-order valence-electron chi connectivity index (χ1n) is 5.19. The van der Waals surface area contributed by atoms with Gasteiger partial charge in [0.15, 0.2) is 0 Å². The molecule has 1 N–H and O–H groups in total. The Bertz CT molecular complexity index is 259. The minimum absolute atomic E-state index is 0.743. The highest BCUT2D eigenvalue weighted by Crippen LogP contribution is 2.12. The molecule has 1 heteroatoms. The second-order valence-corrected chi connectivity index (χ2v) is 3.81. The molecule has 1 aliphatic heterocycles. The molecule has 0 saturated carbocycles. The Morgan fingerprint density at radius 3 is 2.31 bits per heavy atom. The number of benzene rings is 1. The van der Waals surface area contributed by atoms with Crippen molar-refractivity contribution in [2.75, 3.05) is 6.54 Å². The number of hydrogen-bond donors (Lipinski definition) is 1. The topological polar surface area (TPSA) is 12.0 Å². The number of aryl methyl sites for hydroxylation is 1. The molecule has 0 spiro atoms. The fraction of sp³-hybridized carbons (Fsp3) is 0.500. The Kier molecular flexibility index (Phi) is 2.65. The fourth-order valence-electron chi connectivity index (χ4n) is 1.72. The van der Waals surface area contributed by atoms with Gasteiger partial charge in [-0.15, -0.1) is 0 Å². The first-order chi connectivity index (χ1) is 6.38. The van der Waals surface area contributed by atoms with Gasteiger partial charge in [0.1, 0.15) is 0 Å². The summed E-state index contributed by atoms with van der Waals surface area (Å²) in [6.45, 7) is 3.40. The Hall–Kier alpha value is -0.820. The molecular weight excluding hydrogens is 158 g/mol. The molecular formula is C12H17N. The molecule has 1 fully saturated rings. The van der Waals surface area contributed by atoms with Gasteiger partial charge < -0.3 is 5.32 Å². The highest BCUT2D eigenvalue weighted by Gasteiger charge is 2.15. The zero-order valence-corrected chi connectivity index (χ0v) is 8.22. The molecule has 1 heterocycles. The highest BCUT2D eigenvalue weighted by atomic mass is 15.0. The van der Waals surface area contributed by atoms with Crippen molar-refractivity contribution in [1.82, 2.24) is 5.32 Å². The van der Waals surface area contributed by atoms with E-state index in [0.717, 1.165) is 12.5 Å². The van der Waals surface area contributed by atoms with Crippen molar-refractivity contribution >= 4 is 0 Å². The predicted molar refractivity (Wildman–Crippen MR) is 55.9 cm³/mol. The summed E-state index contributed by atoms with van der Waals surface area (Å²) >= 11 is 0. The maximum absolute atomic E-state index is 3.42. The van der Waals surface area contributed by atoms with Gasteiger partial charge in [-0.05, 0) is 36.9 Å². The molecule has 2 rings (SSSR count). The smallest absolute Gasteiger partial charge is 0.0120 e. The van der Waals surface area contributed by atoms with Gasteiger partial charge in [0.2, 0.25) is 0 Å². The van der Waals surface area contributed by atoms with Crippen molar-refractivity contribution in [2.45, 2.75) is 32.2 Å². The molecule has 1 atom stereocenters. The lowest BCUT2D eigenvalue weighted by atomic mass is 9.97. The van der Waals surface area contributed by atoms with Crippen molar-refractivity contribution < 1.29 is 0 Å². The second kappa shape index (κ2) is 3.93. The minimum Gasteiger partial charge on any atom is -0.314 e. The largest absolute Gasteiger partial charge is 0.314 e. The normalized spacial score (nSPS) is 21.2. The summed E-state index contributed by atoms with van der Waals surface area (Å²) < 4.78 is 0. The van der Waals surface area contributed by atoms with E-state index in [-0.39, 0.29) is 0 Å². The van der Waals surface area contributed by atoms with Crippen molar-refractivity contribution in [3.8, 4) is 0 Å². The average molecular weight is 175 g/mol. The van der Waals surface area contributed by atoms with Crippen LogP contribution >= 0.6 is 0 Å². The number of hydrogen-bond acceptors (Lipinski definition) is 1. The van der Waals surface area contributed by atoms with Crippen LogP contribution in [0.15, 0.2) is 24.3 Å². The third-order valence-corrected chi connectivity index (χ3v) is 2.84. The lowest BCUT2D eigenvalue weighted by molar-refractivity contribution is 0.369. The predicted octanol–water partition coefficient (Wildman–Crippen LogP) is 2.15. The van der Waals surface area contributed by atoms with Crippen LogP contribution in [0.3, 0.4) is 0 Å². The van der Waals surface area contributed by atoms with Crippen LogP contribution in [0.1, 0.15) is 24.5 Å². The summed E-state index contributed by atoms with van der Waals surface area (Å²) in [7, 11) is 0. The third-order valence-electron chi connectivity index (χ3n) is 2.84. The van der Waals surface area contributed by atoms with E-state index in [1.807, 2.05) is 0 Å². The molecule has 70 valence electrons. The van der Waals surface area contributed by atoms with Gasteiger partial charge >= 0.3 is 0 Å². The third kappa shape index (κ3) is 2.10. The molecule has 0 amide bonds. The van der Waals surface area contributed by atoms with Crippen molar-refractivity contribution in [1.29, 1.82) is 0 Å². The van der Waals surface area contributed by atoms with Crippen molar-refractivity contribution in [2.24, 2.45) is 0 Å². The lowest BCUT2D eigenvalue weighted by Gasteiger charge is -2.27. The monoisotopic (exact) mass is 175 g/mol. The first kappa shape index (κ1) is 8.76. The van der Waals surface area contributed by atoms with E-state index in [4.69, 9.17) is 0 Å². The maximum atomic E-state index is 3.42. The van der Waals surface area contributed by atoms with Crippen molar-refractivity contribution in [3.63, 3.8) is 0 Å². The summed E-state index contributed by atoms with van der Waals surface area (Å²) in [5.41, 5.74) is 2.90. The summed E-state index contributed by atoms with van der Waals surface area (Å²) in [6, 6.07) is 9.76. The first-order valence-corrected chi connectivity index (χ1v) is 5.19. The Balaban J connectivity index is 1.96. The Labute approximate surface area is 80.2 Å². The van der Waals surface area contributed by atoms with Crippen LogP contribution < -0.4 is 5.32 Å². The fourth-order valence-corrected chi connectivity index (χ4v) is 1.72. The second-order valence-electron chi connectivity index (χ2n) is 3.81. The molecule has 1 aromatic rings. The molecule has 1 nitrogen and oxygen atoms in total. The van der Waals surface area contributed by atoms with Crippen LogP contribution in [0.5, 0.6) is 0 Å². The van der Waals surface area contributed by atoms with E-state index < -0.39 is 0 Å². The molecule has 0 unspecified atom stereocenters. The highest BCUT2D eigenvalue weighted by molar-refractivity contribution is 5.23. The van der Waals surface area contributed by atoms with Gasteiger partial charge in [0.05, 0.1) is 0 Å². The van der Waals surface area contributed by atoms with Crippen LogP contribution in [0.2, 0.25) is 0 Å². The lowest BCUT2D eigenvalue weighted by Crippen LogP contribution is -2.44. The molecule has 0 radical (unpaired) electrons. The van der Waals surface area contributed by atoms with Gasteiger partial charge in [-0.2, -0.15) is 0 Å². The van der Waals surface area contributed by atoms with Crippen LogP contribution in [0.4, 0.5) is 0 Å². The number of nitrogens with one attached hydrogen (secondary N) is 1. The van der Waals surface area contributed by atoms with E-state index in [0.29, 0.717) is 0 Å². The summed E-state index contributed by atoms with van der Waals surface area (Å²) in [5, 5.41) is 3.42. The van der Waals surface area contributed by atoms with Gasteiger partial charge in [-0.3, -0.25) is 0 Å². The standard InChI is InChI=1S/C12H17N/c1-2-10-3-5-11(6-4-10)9-12-7-8-13-12/h3-6,12-13H,2,7-9H2,1H3/t12-/m0/s1. The van der Waals surface area contributed by atoms with E-state index in [1.165, 1.54) is 30.5 Å². The van der Waals surface area contributed by atoms with Crippen LogP contribution in [0.25, 0.3) is 0 Å². The Morgan fingerprint density at radius 2 is 1.85 bits per heavy atom. The molecule has 0 aliphatic carbocycles. The molecule has 1 aliphatic rings. The van der Waals surface area contributed by atoms with Crippen LogP contribution in [-0.4, -0.2) is 12.6 Å². The average Bonchev–Trinajstić information content (AvgIpc) is 2.12. The minimum atomic E-state index is 0.743. The molecule has 0 bridgehead atoms.